The Bertz CT molecular complexity index is 621. The monoisotopic (exact) mass is 257 g/mol. The lowest BCUT2D eigenvalue weighted by Crippen LogP contribution is -2.02. The number of hydrogen-bond acceptors (Lipinski definition) is 4. The molecule has 2 rings (SSSR count). The zero-order valence-electron chi connectivity index (χ0n) is 8.33. The van der Waals surface area contributed by atoms with E-state index >= 15 is 0 Å². The summed E-state index contributed by atoms with van der Waals surface area (Å²) in [5.41, 5.74) is 0. The lowest BCUT2D eigenvalue weighted by molar-refractivity contribution is 0.596. The number of halogens is 1. The molecule has 2 heterocycles. The maximum Gasteiger partial charge on any atom is 0.194 e. The second kappa shape index (κ2) is 3.88. The summed E-state index contributed by atoms with van der Waals surface area (Å²) < 4.78 is 23.8. The highest BCUT2D eigenvalue weighted by molar-refractivity contribution is 7.90. The molecule has 0 atom stereocenters. The maximum atomic E-state index is 11.2. The molecule has 2 aromatic rings. The molecule has 84 valence electrons. The van der Waals surface area contributed by atoms with Crippen molar-refractivity contribution in [2.75, 3.05) is 6.26 Å². The van der Waals surface area contributed by atoms with Gasteiger partial charge in [-0.1, -0.05) is 11.6 Å². The van der Waals surface area contributed by atoms with Crippen molar-refractivity contribution in [1.82, 2.24) is 14.8 Å². The summed E-state index contributed by atoms with van der Waals surface area (Å²) >= 11 is 5.91. The van der Waals surface area contributed by atoms with Crippen molar-refractivity contribution in [2.24, 2.45) is 0 Å². The Balaban J connectivity index is 2.52. The summed E-state index contributed by atoms with van der Waals surface area (Å²) in [5, 5.41) is 4.30. The van der Waals surface area contributed by atoms with Crippen molar-refractivity contribution < 1.29 is 8.42 Å². The Hall–Kier alpha value is -1.40. The molecule has 0 aliphatic carbocycles. The van der Waals surface area contributed by atoms with Gasteiger partial charge < -0.3 is 0 Å². The Labute approximate surface area is 97.6 Å². The molecule has 0 N–H and O–H groups in total. The molecular formula is C9H8ClN3O2S. The van der Waals surface area contributed by atoms with Crippen LogP contribution in [0.3, 0.4) is 0 Å². The molecule has 0 radical (unpaired) electrons. The van der Waals surface area contributed by atoms with Crippen molar-refractivity contribution in [3.05, 3.63) is 35.6 Å². The largest absolute Gasteiger partial charge is 0.236 e. The SMILES string of the molecule is CS(=O)(=O)c1ccn(-c2ncccc2Cl)n1. The van der Waals surface area contributed by atoms with E-state index in [0.29, 0.717) is 10.8 Å². The molecule has 0 fully saturated rings. The molecular weight excluding hydrogens is 250 g/mol. The summed E-state index contributed by atoms with van der Waals surface area (Å²) in [7, 11) is -3.31. The average molecular weight is 258 g/mol. The van der Waals surface area contributed by atoms with Gasteiger partial charge in [0.2, 0.25) is 0 Å². The number of hydrogen-bond donors (Lipinski definition) is 0. The minimum atomic E-state index is -3.31. The van der Waals surface area contributed by atoms with Gasteiger partial charge in [-0.15, -0.1) is 0 Å². The van der Waals surface area contributed by atoms with E-state index in [1.54, 1.807) is 18.3 Å². The van der Waals surface area contributed by atoms with E-state index in [1.807, 2.05) is 0 Å². The molecule has 0 saturated carbocycles. The third kappa shape index (κ3) is 2.07. The van der Waals surface area contributed by atoms with E-state index in [0.717, 1.165) is 6.26 Å². The van der Waals surface area contributed by atoms with Gasteiger partial charge in [0.05, 0.1) is 5.02 Å². The zero-order valence-corrected chi connectivity index (χ0v) is 9.90. The third-order valence-corrected chi connectivity index (χ3v) is 3.17. The van der Waals surface area contributed by atoms with Crippen LogP contribution < -0.4 is 0 Å². The summed E-state index contributed by atoms with van der Waals surface area (Å²) in [4.78, 5) is 4.02. The predicted octanol–water partition coefficient (Wildman–Crippen LogP) is 1.32. The van der Waals surface area contributed by atoms with Crippen LogP contribution in [0.2, 0.25) is 5.02 Å². The summed E-state index contributed by atoms with van der Waals surface area (Å²) in [6.07, 6.45) is 4.16. The first kappa shape index (κ1) is 11.1. The number of pyridine rings is 1. The number of rotatable bonds is 2. The fraction of sp³-hybridized carbons (Fsp3) is 0.111. The van der Waals surface area contributed by atoms with Crippen molar-refractivity contribution in [1.29, 1.82) is 0 Å². The molecule has 0 bridgehead atoms. The van der Waals surface area contributed by atoms with Crippen LogP contribution in [-0.4, -0.2) is 29.4 Å². The number of nitrogens with zero attached hydrogens (tertiary/aromatic N) is 3. The van der Waals surface area contributed by atoms with Crippen LogP contribution in [0.5, 0.6) is 0 Å². The molecule has 0 unspecified atom stereocenters. The minimum absolute atomic E-state index is 0.00535. The van der Waals surface area contributed by atoms with Gasteiger partial charge in [0.15, 0.2) is 20.7 Å². The first-order valence-electron chi connectivity index (χ1n) is 4.35. The van der Waals surface area contributed by atoms with Gasteiger partial charge in [0.25, 0.3) is 0 Å². The summed E-state index contributed by atoms with van der Waals surface area (Å²) in [6, 6.07) is 4.75. The van der Waals surface area contributed by atoms with Crippen molar-refractivity contribution >= 4 is 21.4 Å². The third-order valence-electron chi connectivity index (χ3n) is 1.90. The molecule has 0 spiro atoms. The lowest BCUT2D eigenvalue weighted by atomic mass is 10.4. The van der Waals surface area contributed by atoms with E-state index in [-0.39, 0.29) is 5.03 Å². The second-order valence-corrected chi connectivity index (χ2v) is 5.55. The molecule has 0 aromatic carbocycles. The topological polar surface area (TPSA) is 64.8 Å². The smallest absolute Gasteiger partial charge is 0.194 e. The molecule has 5 nitrogen and oxygen atoms in total. The summed E-state index contributed by atoms with van der Waals surface area (Å²) in [6.45, 7) is 0. The molecule has 2 aromatic heterocycles. The fourth-order valence-corrected chi connectivity index (χ4v) is 1.92. The summed E-state index contributed by atoms with van der Waals surface area (Å²) in [5.74, 6) is 0.402. The van der Waals surface area contributed by atoms with Gasteiger partial charge in [-0.25, -0.2) is 18.1 Å². The number of sulfone groups is 1. The van der Waals surface area contributed by atoms with Gasteiger partial charge in [-0.3, -0.25) is 0 Å². The second-order valence-electron chi connectivity index (χ2n) is 3.18. The quantitative estimate of drug-likeness (QED) is 0.814. The number of aromatic nitrogens is 3. The fourth-order valence-electron chi connectivity index (χ4n) is 1.17. The maximum absolute atomic E-state index is 11.2. The van der Waals surface area contributed by atoms with Crippen LogP contribution in [0.1, 0.15) is 0 Å². The van der Waals surface area contributed by atoms with Crippen LogP contribution in [-0.2, 0) is 9.84 Å². The lowest BCUT2D eigenvalue weighted by Gasteiger charge is -2.01. The standard InChI is InChI=1S/C9H8ClN3O2S/c1-16(14,15)8-4-6-13(12-8)9-7(10)3-2-5-11-9/h2-6H,1H3. The molecule has 0 aliphatic heterocycles. The van der Waals surface area contributed by atoms with E-state index in [1.165, 1.54) is 16.9 Å². The van der Waals surface area contributed by atoms with E-state index in [4.69, 9.17) is 11.6 Å². The predicted molar refractivity (Wildman–Crippen MR) is 59.5 cm³/mol. The van der Waals surface area contributed by atoms with Crippen LogP contribution >= 0.6 is 11.6 Å². The Morgan fingerprint density at radius 3 is 2.69 bits per heavy atom. The van der Waals surface area contributed by atoms with Gasteiger partial charge in [-0.2, -0.15) is 5.10 Å². The molecule has 16 heavy (non-hydrogen) atoms. The van der Waals surface area contributed by atoms with Crippen LogP contribution in [0.25, 0.3) is 5.82 Å². The van der Waals surface area contributed by atoms with E-state index in [9.17, 15) is 8.42 Å². The van der Waals surface area contributed by atoms with E-state index in [2.05, 4.69) is 10.1 Å². The minimum Gasteiger partial charge on any atom is -0.236 e. The molecule has 0 amide bonds. The first-order valence-corrected chi connectivity index (χ1v) is 6.62. The molecule has 7 heteroatoms. The Morgan fingerprint density at radius 2 is 2.12 bits per heavy atom. The normalized spacial score (nSPS) is 11.6. The van der Waals surface area contributed by atoms with Gasteiger partial charge in [0, 0.05) is 18.6 Å². The molecule has 0 aliphatic rings. The van der Waals surface area contributed by atoms with Gasteiger partial charge >= 0.3 is 0 Å². The van der Waals surface area contributed by atoms with Crippen LogP contribution in [0.15, 0.2) is 35.6 Å². The van der Waals surface area contributed by atoms with E-state index < -0.39 is 9.84 Å². The zero-order chi connectivity index (χ0) is 11.8. The van der Waals surface area contributed by atoms with Crippen LogP contribution in [0.4, 0.5) is 0 Å². The van der Waals surface area contributed by atoms with Crippen molar-refractivity contribution in [2.45, 2.75) is 5.03 Å². The highest BCUT2D eigenvalue weighted by Crippen LogP contribution is 2.17. The van der Waals surface area contributed by atoms with Crippen molar-refractivity contribution in [3.8, 4) is 5.82 Å². The Kier molecular flexibility index (Phi) is 2.69. The first-order chi connectivity index (χ1) is 7.48. The average Bonchev–Trinajstić information content (AvgIpc) is 2.66. The Morgan fingerprint density at radius 1 is 1.38 bits per heavy atom. The van der Waals surface area contributed by atoms with Crippen molar-refractivity contribution in [3.63, 3.8) is 0 Å². The van der Waals surface area contributed by atoms with Crippen LogP contribution in [0, 0.1) is 0 Å². The van der Waals surface area contributed by atoms with Gasteiger partial charge in [-0.05, 0) is 18.2 Å². The highest BCUT2D eigenvalue weighted by atomic mass is 35.5. The van der Waals surface area contributed by atoms with Gasteiger partial charge in [0.1, 0.15) is 0 Å². The molecule has 0 saturated heterocycles. The highest BCUT2D eigenvalue weighted by Gasteiger charge is 2.12.